The summed E-state index contributed by atoms with van der Waals surface area (Å²) in [5.74, 6) is 0.819. The number of likely N-dealkylation sites (N-methyl/N-ethyl adjacent to an activating group) is 1. The Labute approximate surface area is 170 Å². The lowest BCUT2D eigenvalue weighted by Gasteiger charge is -2.39. The molecule has 0 radical (unpaired) electrons. The van der Waals surface area contributed by atoms with Crippen LogP contribution < -0.4 is 0 Å². The molecule has 1 atom stereocenters. The van der Waals surface area contributed by atoms with Crippen LogP contribution in [0.4, 0.5) is 4.79 Å². The average Bonchev–Trinajstić information content (AvgIpc) is 3.16. The van der Waals surface area contributed by atoms with Gasteiger partial charge in [-0.3, -0.25) is 14.1 Å². The van der Waals surface area contributed by atoms with Crippen molar-refractivity contribution in [2.45, 2.75) is 25.3 Å². The Balaban J connectivity index is 1.63. The second kappa shape index (κ2) is 7.98. The molecule has 156 valence electrons. The number of hydrogen-bond donors (Lipinski definition) is 0. The van der Waals surface area contributed by atoms with E-state index in [9.17, 15) is 9.59 Å². The first-order chi connectivity index (χ1) is 14.0. The number of piperidine rings is 1. The lowest BCUT2D eigenvalue weighted by atomic mass is 10.1. The SMILES string of the molecule is CN(C)C(=O)N1CCN(C)[C@H](c2nnc3ccc(C(=O)N4CCCCC4)cn23)C1. The summed E-state index contributed by atoms with van der Waals surface area (Å²) in [6.45, 7) is 3.61. The van der Waals surface area contributed by atoms with Crippen molar-refractivity contribution in [1.82, 2.24) is 34.2 Å². The number of urea groups is 1. The quantitative estimate of drug-likeness (QED) is 0.761. The van der Waals surface area contributed by atoms with E-state index in [-0.39, 0.29) is 18.0 Å². The third-order valence-electron chi connectivity index (χ3n) is 5.92. The standard InChI is InChI=1S/C20H29N7O2/c1-23(2)20(29)26-12-11-24(3)16(14-26)18-22-21-17-8-7-15(13-27(17)18)19(28)25-9-5-4-6-10-25/h7-8,13,16H,4-6,9-12,14H2,1-3H3/t16-/m0/s1. The lowest BCUT2D eigenvalue weighted by Crippen LogP contribution is -2.52. The van der Waals surface area contributed by atoms with Gasteiger partial charge in [0.15, 0.2) is 11.5 Å². The summed E-state index contributed by atoms with van der Waals surface area (Å²) in [4.78, 5) is 32.9. The van der Waals surface area contributed by atoms with Crippen molar-refractivity contribution in [1.29, 1.82) is 0 Å². The molecule has 2 aromatic heterocycles. The van der Waals surface area contributed by atoms with Crippen molar-refractivity contribution in [3.8, 4) is 0 Å². The fourth-order valence-electron chi connectivity index (χ4n) is 4.15. The van der Waals surface area contributed by atoms with E-state index in [2.05, 4.69) is 15.1 Å². The number of likely N-dealkylation sites (tertiary alicyclic amines) is 1. The fourth-order valence-corrected chi connectivity index (χ4v) is 4.15. The fraction of sp³-hybridized carbons (Fsp3) is 0.600. The molecule has 9 heteroatoms. The Hall–Kier alpha value is -2.68. The summed E-state index contributed by atoms with van der Waals surface area (Å²) in [5.41, 5.74) is 1.36. The highest BCUT2D eigenvalue weighted by Gasteiger charge is 2.32. The smallest absolute Gasteiger partial charge is 0.319 e. The predicted octanol–water partition coefficient (Wildman–Crippen LogP) is 1.33. The zero-order chi connectivity index (χ0) is 20.5. The van der Waals surface area contributed by atoms with E-state index in [4.69, 9.17) is 0 Å². The number of piperazine rings is 1. The maximum atomic E-state index is 12.9. The van der Waals surface area contributed by atoms with Gasteiger partial charge in [0.1, 0.15) is 0 Å². The topological polar surface area (TPSA) is 77.3 Å². The van der Waals surface area contributed by atoms with Crippen LogP contribution in [-0.4, -0.2) is 100 Å². The van der Waals surface area contributed by atoms with Crippen LogP contribution in [0.15, 0.2) is 18.3 Å². The Morgan fingerprint density at radius 1 is 1.00 bits per heavy atom. The minimum absolute atomic E-state index is 0.00196. The molecule has 2 fully saturated rings. The van der Waals surface area contributed by atoms with Gasteiger partial charge < -0.3 is 14.7 Å². The van der Waals surface area contributed by atoms with Crippen molar-refractivity contribution in [2.24, 2.45) is 0 Å². The number of carbonyl (C=O) groups is 2. The number of fused-ring (bicyclic) bond motifs is 1. The minimum Gasteiger partial charge on any atom is -0.339 e. The van der Waals surface area contributed by atoms with Crippen molar-refractivity contribution < 1.29 is 9.59 Å². The van der Waals surface area contributed by atoms with Crippen LogP contribution in [0.25, 0.3) is 5.65 Å². The van der Waals surface area contributed by atoms with Gasteiger partial charge in [0, 0.05) is 53.0 Å². The van der Waals surface area contributed by atoms with E-state index >= 15 is 0 Å². The van der Waals surface area contributed by atoms with Gasteiger partial charge in [-0.1, -0.05) is 0 Å². The molecule has 3 amide bonds. The van der Waals surface area contributed by atoms with E-state index in [1.165, 1.54) is 6.42 Å². The number of hydrogen-bond acceptors (Lipinski definition) is 5. The summed E-state index contributed by atoms with van der Waals surface area (Å²) >= 11 is 0. The van der Waals surface area contributed by atoms with Gasteiger partial charge in [0.2, 0.25) is 0 Å². The van der Waals surface area contributed by atoms with Crippen LogP contribution in [-0.2, 0) is 0 Å². The second-order valence-electron chi connectivity index (χ2n) is 8.18. The number of amides is 3. The van der Waals surface area contributed by atoms with Crippen LogP contribution in [0.2, 0.25) is 0 Å². The molecule has 0 unspecified atom stereocenters. The van der Waals surface area contributed by atoms with Crippen LogP contribution in [0.3, 0.4) is 0 Å². The largest absolute Gasteiger partial charge is 0.339 e. The molecule has 2 aliphatic heterocycles. The molecule has 29 heavy (non-hydrogen) atoms. The van der Waals surface area contributed by atoms with Gasteiger partial charge in [0.25, 0.3) is 5.91 Å². The number of carbonyl (C=O) groups excluding carboxylic acids is 2. The molecular formula is C20H29N7O2. The van der Waals surface area contributed by atoms with Crippen molar-refractivity contribution >= 4 is 17.6 Å². The summed E-state index contributed by atoms with van der Waals surface area (Å²) in [6, 6.07) is 3.59. The molecule has 0 bridgehead atoms. The normalized spacial score (nSPS) is 20.9. The summed E-state index contributed by atoms with van der Waals surface area (Å²) in [5, 5.41) is 8.71. The van der Waals surface area contributed by atoms with Crippen molar-refractivity contribution in [3.05, 3.63) is 29.7 Å². The second-order valence-corrected chi connectivity index (χ2v) is 8.18. The predicted molar refractivity (Wildman–Crippen MR) is 109 cm³/mol. The van der Waals surface area contributed by atoms with Crippen molar-refractivity contribution in [3.63, 3.8) is 0 Å². The lowest BCUT2D eigenvalue weighted by molar-refractivity contribution is 0.0723. The Kier molecular flexibility index (Phi) is 5.40. The third kappa shape index (κ3) is 3.78. The molecule has 0 aromatic carbocycles. The molecule has 9 nitrogen and oxygen atoms in total. The molecule has 2 saturated heterocycles. The first kappa shape index (κ1) is 19.6. The molecule has 0 aliphatic carbocycles. The molecule has 2 aromatic rings. The first-order valence-corrected chi connectivity index (χ1v) is 10.3. The zero-order valence-electron chi connectivity index (χ0n) is 17.4. The number of pyridine rings is 1. The summed E-state index contributed by atoms with van der Waals surface area (Å²) in [6.07, 6.45) is 5.17. The van der Waals surface area contributed by atoms with Gasteiger partial charge in [0.05, 0.1) is 11.6 Å². The van der Waals surface area contributed by atoms with Gasteiger partial charge in [-0.05, 0) is 38.4 Å². The van der Waals surface area contributed by atoms with E-state index in [1.807, 2.05) is 39.6 Å². The van der Waals surface area contributed by atoms with Crippen LogP contribution in [0, 0.1) is 0 Å². The number of nitrogens with zero attached hydrogens (tertiary/aromatic N) is 7. The molecule has 4 heterocycles. The van der Waals surface area contributed by atoms with Gasteiger partial charge in [-0.25, -0.2) is 4.79 Å². The van der Waals surface area contributed by atoms with E-state index < -0.39 is 0 Å². The molecule has 4 rings (SSSR count). The monoisotopic (exact) mass is 399 g/mol. The minimum atomic E-state index is -0.0806. The Morgan fingerprint density at radius 3 is 2.48 bits per heavy atom. The Morgan fingerprint density at radius 2 is 1.76 bits per heavy atom. The van der Waals surface area contributed by atoms with Crippen molar-refractivity contribution in [2.75, 3.05) is 53.9 Å². The van der Waals surface area contributed by atoms with Crippen LogP contribution in [0.5, 0.6) is 0 Å². The zero-order valence-corrected chi connectivity index (χ0v) is 17.4. The number of aromatic nitrogens is 3. The highest BCUT2D eigenvalue weighted by Crippen LogP contribution is 2.24. The summed E-state index contributed by atoms with van der Waals surface area (Å²) < 4.78 is 1.90. The van der Waals surface area contributed by atoms with Gasteiger partial charge >= 0.3 is 6.03 Å². The third-order valence-corrected chi connectivity index (χ3v) is 5.92. The van der Waals surface area contributed by atoms with E-state index in [0.29, 0.717) is 24.3 Å². The molecular weight excluding hydrogens is 370 g/mol. The van der Waals surface area contributed by atoms with E-state index in [0.717, 1.165) is 38.3 Å². The van der Waals surface area contributed by atoms with Gasteiger partial charge in [-0.15, -0.1) is 10.2 Å². The molecule has 0 spiro atoms. The molecule has 0 saturated carbocycles. The maximum Gasteiger partial charge on any atom is 0.319 e. The molecule has 2 aliphatic rings. The van der Waals surface area contributed by atoms with E-state index in [1.54, 1.807) is 19.0 Å². The molecule has 0 N–H and O–H groups in total. The maximum absolute atomic E-state index is 12.9. The van der Waals surface area contributed by atoms with Gasteiger partial charge in [-0.2, -0.15) is 0 Å². The average molecular weight is 399 g/mol. The van der Waals surface area contributed by atoms with Crippen LogP contribution in [0.1, 0.15) is 41.5 Å². The number of rotatable bonds is 2. The Bertz CT molecular complexity index is 903. The summed E-state index contributed by atoms with van der Waals surface area (Å²) in [7, 11) is 5.56. The highest BCUT2D eigenvalue weighted by molar-refractivity contribution is 5.94. The highest BCUT2D eigenvalue weighted by atomic mass is 16.2. The van der Waals surface area contributed by atoms with Crippen LogP contribution >= 0.6 is 0 Å². The first-order valence-electron chi connectivity index (χ1n) is 10.3.